The third kappa shape index (κ3) is 3.08. The van der Waals surface area contributed by atoms with Crippen LogP contribution in [0.25, 0.3) is 0 Å². The summed E-state index contributed by atoms with van der Waals surface area (Å²) in [6.07, 6.45) is 0. The normalized spacial score (nSPS) is 10.3. The largest absolute Gasteiger partial charge is 0.382 e. The second-order valence-corrected chi connectivity index (χ2v) is 3.50. The zero-order valence-electron chi connectivity index (χ0n) is 8.84. The van der Waals surface area contributed by atoms with E-state index in [4.69, 9.17) is 11.5 Å². The summed E-state index contributed by atoms with van der Waals surface area (Å²) in [6.45, 7) is 4.01. The van der Waals surface area contributed by atoms with Crippen molar-refractivity contribution in [2.24, 2.45) is 5.73 Å². The molecule has 0 aliphatic rings. The number of anilines is 2. The number of nitrogen functional groups attached to an aromatic ring is 1. The second kappa shape index (κ2) is 4.59. The molecule has 0 fully saturated rings. The minimum absolute atomic E-state index is 0.121. The van der Waals surface area contributed by atoms with Crippen LogP contribution in [0.5, 0.6) is 0 Å². The van der Waals surface area contributed by atoms with Gasteiger partial charge in [-0.2, -0.15) is 0 Å². The highest BCUT2D eigenvalue weighted by Crippen LogP contribution is 2.12. The van der Waals surface area contributed by atoms with Crippen LogP contribution in [-0.2, 0) is 4.79 Å². The van der Waals surface area contributed by atoms with E-state index in [-0.39, 0.29) is 12.6 Å². The van der Waals surface area contributed by atoms with Crippen molar-refractivity contribution >= 4 is 17.5 Å². The molecule has 1 rings (SSSR count). The van der Waals surface area contributed by atoms with Crippen molar-refractivity contribution in [1.82, 2.24) is 10.2 Å². The fraction of sp³-hybridized carbons (Fsp3) is 0.444. The predicted octanol–water partition coefficient (Wildman–Crippen LogP) is -0.241. The van der Waals surface area contributed by atoms with Crippen LogP contribution in [-0.4, -0.2) is 28.7 Å². The van der Waals surface area contributed by atoms with Gasteiger partial charge in [-0.1, -0.05) is 0 Å². The molecular formula is C9H15N5O. The lowest BCUT2D eigenvalue weighted by Gasteiger charge is -2.25. The van der Waals surface area contributed by atoms with Crippen LogP contribution in [0.15, 0.2) is 12.1 Å². The first kappa shape index (κ1) is 11.2. The number of carbonyl (C=O) groups is 1. The molecule has 82 valence electrons. The minimum Gasteiger partial charge on any atom is -0.382 e. The molecular weight excluding hydrogens is 194 g/mol. The maximum atomic E-state index is 10.9. The van der Waals surface area contributed by atoms with E-state index in [2.05, 4.69) is 10.2 Å². The molecule has 0 unspecified atom stereocenters. The van der Waals surface area contributed by atoms with Gasteiger partial charge >= 0.3 is 0 Å². The van der Waals surface area contributed by atoms with Crippen molar-refractivity contribution < 1.29 is 4.79 Å². The molecule has 0 saturated carbocycles. The van der Waals surface area contributed by atoms with E-state index in [9.17, 15) is 4.79 Å². The Morgan fingerprint density at radius 3 is 2.53 bits per heavy atom. The van der Waals surface area contributed by atoms with Gasteiger partial charge < -0.3 is 16.4 Å². The molecule has 0 aromatic carbocycles. The van der Waals surface area contributed by atoms with Crippen molar-refractivity contribution in [1.29, 1.82) is 0 Å². The maximum Gasteiger partial charge on any atom is 0.237 e. The summed E-state index contributed by atoms with van der Waals surface area (Å²) >= 11 is 0. The number of nitrogens with zero attached hydrogens (tertiary/aromatic N) is 3. The number of nitrogens with two attached hydrogens (primary N) is 2. The van der Waals surface area contributed by atoms with E-state index in [0.29, 0.717) is 11.6 Å². The first-order valence-corrected chi connectivity index (χ1v) is 4.65. The van der Waals surface area contributed by atoms with Gasteiger partial charge in [0.05, 0.1) is 6.54 Å². The van der Waals surface area contributed by atoms with Crippen LogP contribution in [0, 0.1) is 0 Å². The summed E-state index contributed by atoms with van der Waals surface area (Å²) in [4.78, 5) is 12.6. The highest BCUT2D eigenvalue weighted by atomic mass is 16.1. The zero-order chi connectivity index (χ0) is 11.4. The summed E-state index contributed by atoms with van der Waals surface area (Å²) in [5.41, 5.74) is 10.6. The predicted molar refractivity (Wildman–Crippen MR) is 58.1 cm³/mol. The van der Waals surface area contributed by atoms with Crippen LogP contribution in [0.3, 0.4) is 0 Å². The number of primary amides is 1. The second-order valence-electron chi connectivity index (χ2n) is 3.50. The molecule has 0 aliphatic heterocycles. The van der Waals surface area contributed by atoms with Gasteiger partial charge in [0.2, 0.25) is 5.91 Å². The topological polar surface area (TPSA) is 98.1 Å². The molecule has 1 amide bonds. The van der Waals surface area contributed by atoms with Gasteiger partial charge in [-0.3, -0.25) is 4.79 Å². The van der Waals surface area contributed by atoms with E-state index in [1.807, 2.05) is 13.8 Å². The van der Waals surface area contributed by atoms with Crippen molar-refractivity contribution in [3.8, 4) is 0 Å². The summed E-state index contributed by atoms with van der Waals surface area (Å²) in [6, 6.07) is 3.47. The van der Waals surface area contributed by atoms with Gasteiger partial charge in [0.25, 0.3) is 0 Å². The monoisotopic (exact) mass is 209 g/mol. The van der Waals surface area contributed by atoms with Crippen molar-refractivity contribution in [3.63, 3.8) is 0 Å². The Balaban J connectivity index is 2.88. The Labute approximate surface area is 88.3 Å². The first-order valence-electron chi connectivity index (χ1n) is 4.65. The number of hydrogen-bond donors (Lipinski definition) is 2. The van der Waals surface area contributed by atoms with Gasteiger partial charge in [-0.05, 0) is 26.0 Å². The molecule has 0 bridgehead atoms. The molecule has 6 nitrogen and oxygen atoms in total. The Bertz CT molecular complexity index is 335. The van der Waals surface area contributed by atoms with E-state index >= 15 is 0 Å². The van der Waals surface area contributed by atoms with Crippen LogP contribution < -0.4 is 16.4 Å². The van der Waals surface area contributed by atoms with Crippen LogP contribution in [0.2, 0.25) is 0 Å². The molecule has 0 atom stereocenters. The molecule has 15 heavy (non-hydrogen) atoms. The van der Waals surface area contributed by atoms with Gasteiger partial charge in [-0.15, -0.1) is 10.2 Å². The third-order valence-electron chi connectivity index (χ3n) is 1.91. The highest BCUT2D eigenvalue weighted by molar-refractivity contribution is 5.79. The lowest BCUT2D eigenvalue weighted by atomic mass is 10.3. The fourth-order valence-electron chi connectivity index (χ4n) is 1.18. The molecule has 4 N–H and O–H groups in total. The quantitative estimate of drug-likeness (QED) is 0.713. The molecule has 1 aromatic heterocycles. The Kier molecular flexibility index (Phi) is 3.43. The average molecular weight is 209 g/mol. The van der Waals surface area contributed by atoms with Crippen LogP contribution >= 0.6 is 0 Å². The summed E-state index contributed by atoms with van der Waals surface area (Å²) in [5.74, 6) is 0.543. The van der Waals surface area contributed by atoms with Crippen LogP contribution in [0.1, 0.15) is 13.8 Å². The average Bonchev–Trinajstić information content (AvgIpc) is 2.15. The van der Waals surface area contributed by atoms with E-state index in [0.717, 1.165) is 0 Å². The molecule has 1 heterocycles. The Morgan fingerprint density at radius 2 is 2.13 bits per heavy atom. The fourth-order valence-corrected chi connectivity index (χ4v) is 1.18. The molecule has 1 aromatic rings. The summed E-state index contributed by atoms with van der Waals surface area (Å²) in [5, 5.41) is 7.62. The molecule has 6 heteroatoms. The molecule has 0 spiro atoms. The summed E-state index contributed by atoms with van der Waals surface area (Å²) < 4.78 is 0. The number of hydrogen-bond acceptors (Lipinski definition) is 5. The standard InChI is InChI=1S/C9H15N5O/c1-6(2)14(5-8(11)15)9-4-3-7(10)12-13-9/h3-4,6H,5H2,1-2H3,(H2,10,12)(H2,11,15). The van der Waals surface area contributed by atoms with Gasteiger partial charge in [0.15, 0.2) is 5.82 Å². The van der Waals surface area contributed by atoms with Crippen molar-refractivity contribution in [3.05, 3.63) is 12.1 Å². The SMILES string of the molecule is CC(C)N(CC(N)=O)c1ccc(N)nn1. The smallest absolute Gasteiger partial charge is 0.237 e. The highest BCUT2D eigenvalue weighted by Gasteiger charge is 2.14. The van der Waals surface area contributed by atoms with E-state index < -0.39 is 5.91 Å². The Morgan fingerprint density at radius 1 is 1.47 bits per heavy atom. The number of aromatic nitrogens is 2. The van der Waals surface area contributed by atoms with Gasteiger partial charge in [0, 0.05) is 6.04 Å². The lowest BCUT2D eigenvalue weighted by Crippen LogP contribution is -2.39. The zero-order valence-corrected chi connectivity index (χ0v) is 8.84. The first-order chi connectivity index (χ1) is 7.00. The van der Waals surface area contributed by atoms with Gasteiger partial charge in [-0.25, -0.2) is 0 Å². The Hall–Kier alpha value is -1.85. The van der Waals surface area contributed by atoms with E-state index in [1.165, 1.54) is 0 Å². The van der Waals surface area contributed by atoms with Crippen LogP contribution in [0.4, 0.5) is 11.6 Å². The number of amides is 1. The molecule has 0 aliphatic carbocycles. The molecule has 0 radical (unpaired) electrons. The maximum absolute atomic E-state index is 10.9. The summed E-state index contributed by atoms with van der Waals surface area (Å²) in [7, 11) is 0. The van der Waals surface area contributed by atoms with Crippen molar-refractivity contribution in [2.45, 2.75) is 19.9 Å². The molecule has 0 saturated heterocycles. The lowest BCUT2D eigenvalue weighted by molar-refractivity contribution is -0.116. The van der Waals surface area contributed by atoms with Crippen molar-refractivity contribution in [2.75, 3.05) is 17.2 Å². The third-order valence-corrected chi connectivity index (χ3v) is 1.91. The van der Waals surface area contributed by atoms with E-state index in [1.54, 1.807) is 17.0 Å². The van der Waals surface area contributed by atoms with Gasteiger partial charge in [0.1, 0.15) is 5.82 Å². The minimum atomic E-state index is -0.401. The number of rotatable bonds is 4. The number of carbonyl (C=O) groups excluding carboxylic acids is 1.